The zero-order valence-corrected chi connectivity index (χ0v) is 14.8. The van der Waals surface area contributed by atoms with Crippen LogP contribution in [0.1, 0.15) is 60.3 Å². The molecule has 0 unspecified atom stereocenters. The number of nitrogens with two attached hydrogens (primary N) is 1. The van der Waals surface area contributed by atoms with E-state index in [0.717, 1.165) is 24.2 Å². The molecule has 1 rings (SSSR count). The highest BCUT2D eigenvalue weighted by Gasteiger charge is 2.37. The number of hydrogen-bond donors (Lipinski definition) is 2. The van der Waals surface area contributed by atoms with Crippen LogP contribution < -0.4 is 11.1 Å². The largest absolute Gasteiger partial charge is 0.404 e. The Kier molecular flexibility index (Phi) is 6.66. The van der Waals surface area contributed by atoms with E-state index in [1.165, 1.54) is 29.6 Å². The van der Waals surface area contributed by atoms with Crippen LogP contribution in [0, 0.1) is 0 Å². The number of hydrogen-bond acceptors (Lipinski definition) is 3. The van der Waals surface area contributed by atoms with E-state index in [2.05, 4.69) is 63.8 Å². The second kappa shape index (κ2) is 8.02. The molecular weight excluding hydrogens is 270 g/mol. The van der Waals surface area contributed by atoms with Gasteiger partial charge in [0.1, 0.15) is 5.82 Å². The van der Waals surface area contributed by atoms with Gasteiger partial charge in [-0.05, 0) is 83.0 Å². The van der Waals surface area contributed by atoms with E-state index >= 15 is 0 Å². The molecule has 0 radical (unpaired) electrons. The molecule has 1 saturated carbocycles. The first-order chi connectivity index (χ1) is 10.4. The normalized spacial score (nSPS) is 18.0. The van der Waals surface area contributed by atoms with E-state index < -0.39 is 0 Å². The molecule has 1 fully saturated rings. The third-order valence-corrected chi connectivity index (χ3v) is 4.27. The van der Waals surface area contributed by atoms with Gasteiger partial charge in [0.05, 0.1) is 0 Å². The molecule has 3 nitrogen and oxygen atoms in total. The van der Waals surface area contributed by atoms with Gasteiger partial charge in [0.25, 0.3) is 0 Å². The van der Waals surface area contributed by atoms with Gasteiger partial charge in [-0.3, -0.25) is 0 Å². The van der Waals surface area contributed by atoms with Crippen LogP contribution in [0.4, 0.5) is 0 Å². The Hall–Kier alpha value is -1.77. The van der Waals surface area contributed by atoms with Crippen LogP contribution in [0.2, 0.25) is 0 Å². The molecule has 0 spiro atoms. The molecule has 0 aromatic carbocycles. The Morgan fingerprint density at radius 2 is 1.95 bits per heavy atom. The maximum absolute atomic E-state index is 5.60. The van der Waals surface area contributed by atoms with Crippen molar-refractivity contribution in [3.8, 4) is 0 Å². The summed E-state index contributed by atoms with van der Waals surface area (Å²) in [7, 11) is 0. The van der Waals surface area contributed by atoms with Crippen LogP contribution in [-0.2, 0) is 0 Å². The summed E-state index contributed by atoms with van der Waals surface area (Å²) < 4.78 is 0. The van der Waals surface area contributed by atoms with Gasteiger partial charge in [0.15, 0.2) is 0 Å². The fourth-order valence-electron chi connectivity index (χ4n) is 2.34. The first kappa shape index (κ1) is 18.3. The fourth-order valence-corrected chi connectivity index (χ4v) is 2.34. The quantitative estimate of drug-likeness (QED) is 0.508. The van der Waals surface area contributed by atoms with Gasteiger partial charge < -0.3 is 11.1 Å². The third kappa shape index (κ3) is 5.21. The van der Waals surface area contributed by atoms with Gasteiger partial charge in [-0.15, -0.1) is 0 Å². The number of rotatable bonds is 8. The van der Waals surface area contributed by atoms with Crippen molar-refractivity contribution in [1.82, 2.24) is 5.32 Å². The highest BCUT2D eigenvalue weighted by Crippen LogP contribution is 2.36. The molecule has 0 aromatic rings. The third-order valence-electron chi connectivity index (χ3n) is 4.27. The van der Waals surface area contributed by atoms with Crippen molar-refractivity contribution < 1.29 is 0 Å². The zero-order chi connectivity index (χ0) is 16.8. The van der Waals surface area contributed by atoms with Crippen LogP contribution in [0.3, 0.4) is 0 Å². The predicted octanol–water partition coefficient (Wildman–Crippen LogP) is 4.60. The lowest BCUT2D eigenvalue weighted by molar-refractivity contribution is 0.601. The minimum absolute atomic E-state index is 0.206. The van der Waals surface area contributed by atoms with Crippen LogP contribution in [0.5, 0.6) is 0 Å². The van der Waals surface area contributed by atoms with Gasteiger partial charge in [-0.1, -0.05) is 24.6 Å². The van der Waals surface area contributed by atoms with Crippen molar-refractivity contribution in [2.24, 2.45) is 10.7 Å². The zero-order valence-electron chi connectivity index (χ0n) is 14.8. The minimum atomic E-state index is 0.206. The van der Waals surface area contributed by atoms with Crippen molar-refractivity contribution in [3.05, 3.63) is 46.5 Å². The summed E-state index contributed by atoms with van der Waals surface area (Å²) in [5.74, 6) is 0.912. The van der Waals surface area contributed by atoms with E-state index in [1.54, 1.807) is 6.20 Å². The summed E-state index contributed by atoms with van der Waals surface area (Å²) in [5.41, 5.74) is 10.8. The molecule has 0 bridgehead atoms. The molecule has 1 aliphatic carbocycles. The van der Waals surface area contributed by atoms with Crippen molar-refractivity contribution in [2.45, 2.75) is 65.8 Å². The van der Waals surface area contributed by atoms with E-state index in [0.29, 0.717) is 0 Å². The maximum Gasteiger partial charge on any atom is 0.128 e. The summed E-state index contributed by atoms with van der Waals surface area (Å²) in [6.45, 7) is 14.5. The van der Waals surface area contributed by atoms with Gasteiger partial charge >= 0.3 is 0 Å². The molecular formula is C19H31N3. The number of allylic oxidation sites excluding steroid dienone is 6. The highest BCUT2D eigenvalue weighted by molar-refractivity contribution is 5.41. The van der Waals surface area contributed by atoms with Gasteiger partial charge in [-0.25, -0.2) is 4.99 Å². The van der Waals surface area contributed by atoms with Crippen molar-refractivity contribution >= 4 is 6.72 Å². The van der Waals surface area contributed by atoms with Crippen LogP contribution in [-0.4, -0.2) is 12.3 Å². The smallest absolute Gasteiger partial charge is 0.128 e. The molecule has 0 saturated heterocycles. The first-order valence-electron chi connectivity index (χ1n) is 8.06. The fraction of sp³-hybridized carbons (Fsp3) is 0.526. The van der Waals surface area contributed by atoms with E-state index in [4.69, 9.17) is 5.73 Å². The summed E-state index contributed by atoms with van der Waals surface area (Å²) in [5, 5.41) is 3.53. The Balaban J connectivity index is 2.94. The average molecular weight is 301 g/mol. The first-order valence-corrected chi connectivity index (χ1v) is 8.06. The SMILES string of the molecule is C=N/C(NC1(C)CC1)=C(\C)C(C/C=C\C(=C/N)CC)=C(C)C. The monoisotopic (exact) mass is 301 g/mol. The molecule has 0 aromatic heterocycles. The molecule has 3 N–H and O–H groups in total. The van der Waals surface area contributed by atoms with E-state index in [-0.39, 0.29) is 5.54 Å². The molecule has 0 aliphatic heterocycles. The minimum Gasteiger partial charge on any atom is -0.404 e. The van der Waals surface area contributed by atoms with Gasteiger partial charge in [0.2, 0.25) is 0 Å². The lowest BCUT2D eigenvalue weighted by Gasteiger charge is -2.18. The Morgan fingerprint density at radius 1 is 1.32 bits per heavy atom. The standard InChI is InChI=1S/C19H31N3/c1-7-16(13-20)9-8-10-17(14(2)3)15(4)18(21-6)22-19(5)11-12-19/h8-9,13,22H,6-7,10-12,20H2,1-5H3/b9-8-,16-13-,18-15-. The molecule has 0 heterocycles. The van der Waals surface area contributed by atoms with E-state index in [9.17, 15) is 0 Å². The average Bonchev–Trinajstić information content (AvgIpc) is 3.22. The highest BCUT2D eigenvalue weighted by atomic mass is 15.1. The second-order valence-corrected chi connectivity index (χ2v) is 6.50. The molecule has 0 atom stereocenters. The lowest BCUT2D eigenvalue weighted by atomic mass is 9.98. The molecule has 3 heteroatoms. The molecule has 122 valence electrons. The summed E-state index contributed by atoms with van der Waals surface area (Å²) >= 11 is 0. The summed E-state index contributed by atoms with van der Waals surface area (Å²) in [4.78, 5) is 4.22. The molecule has 22 heavy (non-hydrogen) atoms. The van der Waals surface area contributed by atoms with Crippen molar-refractivity contribution in [1.29, 1.82) is 0 Å². The van der Waals surface area contributed by atoms with Crippen molar-refractivity contribution in [2.75, 3.05) is 0 Å². The van der Waals surface area contributed by atoms with Gasteiger partial charge in [0, 0.05) is 5.54 Å². The van der Waals surface area contributed by atoms with Crippen LogP contribution in [0.25, 0.3) is 0 Å². The number of nitrogens with zero attached hydrogens (tertiary/aromatic N) is 1. The van der Waals surface area contributed by atoms with Crippen LogP contribution in [0.15, 0.2) is 51.5 Å². The van der Waals surface area contributed by atoms with Gasteiger partial charge in [-0.2, -0.15) is 0 Å². The number of aliphatic imine (C=N–C) groups is 1. The Labute approximate surface area is 135 Å². The van der Waals surface area contributed by atoms with Crippen LogP contribution >= 0.6 is 0 Å². The topological polar surface area (TPSA) is 50.4 Å². The summed E-state index contributed by atoms with van der Waals surface area (Å²) in [6, 6.07) is 0. The summed E-state index contributed by atoms with van der Waals surface area (Å²) in [6.07, 6.45) is 10.2. The number of nitrogens with one attached hydrogen (secondary N) is 1. The predicted molar refractivity (Wildman–Crippen MR) is 97.7 cm³/mol. The Morgan fingerprint density at radius 3 is 2.36 bits per heavy atom. The van der Waals surface area contributed by atoms with E-state index in [1.807, 2.05) is 0 Å². The molecule has 0 amide bonds. The second-order valence-electron chi connectivity index (χ2n) is 6.50. The molecule has 1 aliphatic rings. The lowest BCUT2D eigenvalue weighted by Crippen LogP contribution is -2.27. The maximum atomic E-state index is 5.60. The Bertz CT molecular complexity index is 525. The van der Waals surface area contributed by atoms with Crippen molar-refractivity contribution in [3.63, 3.8) is 0 Å².